The number of hydrogen-bond acceptors (Lipinski definition) is 3. The molecule has 1 amide bonds. The maximum atomic E-state index is 13.1. The van der Waals surface area contributed by atoms with E-state index in [2.05, 4.69) is 36.5 Å². The zero-order valence-corrected chi connectivity index (χ0v) is 14.8. The minimum Gasteiger partial charge on any atom is -0.496 e. The molecule has 0 spiro atoms. The molecule has 0 fully saturated rings. The van der Waals surface area contributed by atoms with Crippen LogP contribution in [0.3, 0.4) is 0 Å². The fourth-order valence-electron chi connectivity index (χ4n) is 3.63. The fourth-order valence-corrected chi connectivity index (χ4v) is 3.63. The summed E-state index contributed by atoms with van der Waals surface area (Å²) < 4.78 is 5.40. The van der Waals surface area contributed by atoms with E-state index in [1.165, 1.54) is 16.7 Å². The molecule has 0 radical (unpaired) electrons. The highest BCUT2D eigenvalue weighted by atomic mass is 16.5. The Bertz CT molecular complexity index is 868. The Hall–Kier alpha value is -2.75. The molecule has 1 unspecified atom stereocenters. The highest BCUT2D eigenvalue weighted by molar-refractivity contribution is 6.02. The molecule has 1 atom stereocenters. The van der Waals surface area contributed by atoms with E-state index >= 15 is 0 Å². The van der Waals surface area contributed by atoms with Gasteiger partial charge in [0.15, 0.2) is 0 Å². The number of anilines is 1. The van der Waals surface area contributed by atoms with Gasteiger partial charge in [-0.1, -0.05) is 29.8 Å². The number of nitrogens with zero attached hydrogens (tertiary/aromatic N) is 1. The van der Waals surface area contributed by atoms with Gasteiger partial charge in [0.25, 0.3) is 5.91 Å². The van der Waals surface area contributed by atoms with Gasteiger partial charge < -0.3 is 15.0 Å². The zero-order chi connectivity index (χ0) is 17.6. The van der Waals surface area contributed by atoms with E-state index in [0.717, 1.165) is 30.0 Å². The van der Waals surface area contributed by atoms with Crippen molar-refractivity contribution < 1.29 is 9.53 Å². The maximum Gasteiger partial charge on any atom is 0.260 e. The van der Waals surface area contributed by atoms with Crippen molar-refractivity contribution in [3.05, 3.63) is 64.9 Å². The topological polar surface area (TPSA) is 41.6 Å². The third kappa shape index (κ3) is 2.68. The van der Waals surface area contributed by atoms with Crippen molar-refractivity contribution in [2.24, 2.45) is 0 Å². The van der Waals surface area contributed by atoms with Crippen molar-refractivity contribution in [1.29, 1.82) is 0 Å². The van der Waals surface area contributed by atoms with Crippen molar-refractivity contribution in [2.45, 2.75) is 26.3 Å². The first-order valence-electron chi connectivity index (χ1n) is 8.59. The van der Waals surface area contributed by atoms with Gasteiger partial charge in [-0.2, -0.15) is 0 Å². The second-order valence-corrected chi connectivity index (χ2v) is 6.84. The lowest BCUT2D eigenvalue weighted by Gasteiger charge is -2.20. The van der Waals surface area contributed by atoms with Gasteiger partial charge >= 0.3 is 0 Å². The predicted octanol–water partition coefficient (Wildman–Crippen LogP) is 3.99. The third-order valence-electron chi connectivity index (χ3n) is 5.09. The van der Waals surface area contributed by atoms with Crippen LogP contribution < -0.4 is 10.1 Å². The second-order valence-electron chi connectivity index (χ2n) is 6.84. The number of carbonyl (C=O) groups excluding carboxylic acids is 1. The molecule has 2 aromatic rings. The largest absolute Gasteiger partial charge is 0.496 e. The van der Waals surface area contributed by atoms with Crippen LogP contribution in [0.4, 0.5) is 5.69 Å². The quantitative estimate of drug-likeness (QED) is 0.903. The smallest absolute Gasteiger partial charge is 0.260 e. The molecule has 0 aromatic heterocycles. The number of nitrogens with one attached hydrogen (secondary N) is 1. The van der Waals surface area contributed by atoms with Crippen LogP contribution in [0.15, 0.2) is 42.6 Å². The number of amides is 1. The lowest BCUT2D eigenvalue weighted by atomic mass is 10.0. The summed E-state index contributed by atoms with van der Waals surface area (Å²) in [6.45, 7) is 4.82. The summed E-state index contributed by atoms with van der Waals surface area (Å²) in [5.74, 6) is 0.777. The molecule has 0 aliphatic carbocycles. The molecular formula is C21H22N2O2. The van der Waals surface area contributed by atoms with Crippen LogP contribution in [0.1, 0.15) is 33.5 Å². The van der Waals surface area contributed by atoms with Gasteiger partial charge in [-0.15, -0.1) is 0 Å². The molecule has 4 rings (SSSR count). The first-order valence-corrected chi connectivity index (χ1v) is 8.59. The van der Waals surface area contributed by atoms with Crippen LogP contribution >= 0.6 is 0 Å². The Morgan fingerprint density at radius 2 is 1.92 bits per heavy atom. The van der Waals surface area contributed by atoms with E-state index in [4.69, 9.17) is 4.74 Å². The van der Waals surface area contributed by atoms with Crippen molar-refractivity contribution in [3.8, 4) is 5.75 Å². The molecule has 2 aliphatic heterocycles. The zero-order valence-electron chi connectivity index (χ0n) is 14.8. The molecule has 2 aromatic carbocycles. The van der Waals surface area contributed by atoms with Crippen LogP contribution in [0.5, 0.6) is 5.75 Å². The summed E-state index contributed by atoms with van der Waals surface area (Å²) in [5.41, 5.74) is 6.23. The van der Waals surface area contributed by atoms with E-state index in [-0.39, 0.29) is 11.9 Å². The van der Waals surface area contributed by atoms with Crippen LogP contribution in [0, 0.1) is 13.8 Å². The summed E-state index contributed by atoms with van der Waals surface area (Å²) in [5, 5.41) is 3.45. The normalized spacial score (nSPS) is 18.8. The number of benzene rings is 2. The van der Waals surface area contributed by atoms with E-state index in [1.807, 2.05) is 30.2 Å². The summed E-state index contributed by atoms with van der Waals surface area (Å²) >= 11 is 0. The van der Waals surface area contributed by atoms with E-state index in [0.29, 0.717) is 5.56 Å². The van der Waals surface area contributed by atoms with Crippen LogP contribution in [-0.4, -0.2) is 30.5 Å². The van der Waals surface area contributed by atoms with Gasteiger partial charge in [0.05, 0.1) is 18.7 Å². The Morgan fingerprint density at radius 3 is 2.64 bits per heavy atom. The number of methoxy groups -OCH3 is 1. The molecule has 128 valence electrons. The molecule has 0 saturated carbocycles. The van der Waals surface area contributed by atoms with E-state index in [1.54, 1.807) is 7.11 Å². The Labute approximate surface area is 148 Å². The SMILES string of the molecule is COc1cc2c(cc1C)NCC1CC(c3ccc(C)cc3)=CN1C2=O. The number of fused-ring (bicyclic) bond motifs is 2. The molecule has 1 N–H and O–H groups in total. The van der Waals surface area contributed by atoms with Crippen molar-refractivity contribution >= 4 is 17.2 Å². The highest BCUT2D eigenvalue weighted by Crippen LogP contribution is 2.36. The number of carbonyl (C=O) groups is 1. The van der Waals surface area contributed by atoms with Crippen LogP contribution in [0.25, 0.3) is 5.57 Å². The Balaban J connectivity index is 1.71. The molecule has 0 saturated heterocycles. The van der Waals surface area contributed by atoms with E-state index in [9.17, 15) is 4.79 Å². The number of ether oxygens (including phenoxy) is 1. The lowest BCUT2D eigenvalue weighted by molar-refractivity contribution is 0.0796. The maximum absolute atomic E-state index is 13.1. The van der Waals surface area contributed by atoms with Gasteiger partial charge in [0.2, 0.25) is 0 Å². The molecular weight excluding hydrogens is 312 g/mol. The van der Waals surface area contributed by atoms with Gasteiger partial charge in [-0.05, 0) is 49.1 Å². The van der Waals surface area contributed by atoms with Gasteiger partial charge in [-0.3, -0.25) is 4.79 Å². The van der Waals surface area contributed by atoms with Gasteiger partial charge in [0, 0.05) is 18.4 Å². The average molecular weight is 334 g/mol. The summed E-state index contributed by atoms with van der Waals surface area (Å²) in [6, 6.07) is 12.5. The molecule has 4 nitrogen and oxygen atoms in total. The van der Waals surface area contributed by atoms with Crippen LogP contribution in [-0.2, 0) is 0 Å². The molecule has 4 heteroatoms. The molecule has 25 heavy (non-hydrogen) atoms. The van der Waals surface area contributed by atoms with E-state index < -0.39 is 0 Å². The monoisotopic (exact) mass is 334 g/mol. The van der Waals surface area contributed by atoms with Crippen molar-refractivity contribution in [1.82, 2.24) is 4.90 Å². The summed E-state index contributed by atoms with van der Waals surface area (Å²) in [6.07, 6.45) is 2.88. The average Bonchev–Trinajstić information content (AvgIpc) is 2.99. The molecule has 2 aliphatic rings. The summed E-state index contributed by atoms with van der Waals surface area (Å²) in [7, 11) is 1.64. The number of aryl methyl sites for hydroxylation is 2. The second kappa shape index (κ2) is 5.96. The van der Waals surface area contributed by atoms with Crippen molar-refractivity contribution in [3.63, 3.8) is 0 Å². The standard InChI is InChI=1S/C21H22N2O2/c1-13-4-6-15(7-5-13)16-9-17-11-22-19-8-14(2)20(25-3)10-18(19)21(24)23(17)12-16/h4-8,10,12,17,22H,9,11H2,1-3H3. The first-order chi connectivity index (χ1) is 12.1. The summed E-state index contributed by atoms with van der Waals surface area (Å²) in [4.78, 5) is 15.0. The Kier molecular flexibility index (Phi) is 3.75. The minimum atomic E-state index is 0.0328. The number of rotatable bonds is 2. The fraction of sp³-hybridized carbons (Fsp3) is 0.286. The minimum absolute atomic E-state index is 0.0328. The van der Waals surface area contributed by atoms with Gasteiger partial charge in [-0.25, -0.2) is 0 Å². The highest BCUT2D eigenvalue weighted by Gasteiger charge is 2.34. The lowest BCUT2D eigenvalue weighted by Crippen LogP contribution is -2.34. The molecule has 0 bridgehead atoms. The van der Waals surface area contributed by atoms with Crippen molar-refractivity contribution in [2.75, 3.05) is 19.0 Å². The predicted molar refractivity (Wildman–Crippen MR) is 100.0 cm³/mol. The number of hydrogen-bond donors (Lipinski definition) is 1. The first kappa shape index (κ1) is 15.8. The Morgan fingerprint density at radius 1 is 1.16 bits per heavy atom. The van der Waals surface area contributed by atoms with Crippen LogP contribution in [0.2, 0.25) is 0 Å². The third-order valence-corrected chi connectivity index (χ3v) is 5.09. The molecule has 2 heterocycles. The van der Waals surface area contributed by atoms with Gasteiger partial charge in [0.1, 0.15) is 5.75 Å².